The predicted molar refractivity (Wildman–Crippen MR) is 160 cm³/mol. The summed E-state index contributed by atoms with van der Waals surface area (Å²) in [6.45, 7) is 1.60. The zero-order valence-electron chi connectivity index (χ0n) is 23.7. The summed E-state index contributed by atoms with van der Waals surface area (Å²) in [5.41, 5.74) is 1.21. The number of ether oxygens (including phenoxy) is 1. The summed E-state index contributed by atoms with van der Waals surface area (Å²) in [6, 6.07) is 23.4. The van der Waals surface area contributed by atoms with E-state index >= 15 is 0 Å². The van der Waals surface area contributed by atoms with E-state index in [0.29, 0.717) is 17.9 Å². The predicted octanol–water partition coefficient (Wildman–Crippen LogP) is 5.15. The molecule has 1 atom stereocenters. The Kier molecular flexibility index (Phi) is 10.4. The van der Waals surface area contributed by atoms with Crippen LogP contribution >= 0.6 is 0 Å². The average Bonchev–Trinajstić information content (AvgIpc) is 3.01. The van der Waals surface area contributed by atoms with Gasteiger partial charge in [0.05, 0.1) is 17.7 Å². The van der Waals surface area contributed by atoms with Gasteiger partial charge in [0.15, 0.2) is 0 Å². The maximum absolute atomic E-state index is 14.1. The van der Waals surface area contributed by atoms with Gasteiger partial charge in [-0.05, 0) is 61.2 Å². The number of nitrogens with zero attached hydrogens (tertiary/aromatic N) is 2. The minimum Gasteiger partial charge on any atom is -0.497 e. The highest BCUT2D eigenvalue weighted by Gasteiger charge is 2.34. The molecule has 0 aromatic heterocycles. The standard InChI is InChI=1S/C32H39N3O5S/c1-3-30(32(37)33-26-15-9-5-10-16-26)34(23-25-13-7-4-8-14-25)31(36)24-35(27-17-11-6-12-18-27)41(38,39)29-21-19-28(40-2)20-22-29/h4,6-8,11-14,17-22,26,30H,3,5,9-10,15-16,23-24H2,1-2H3,(H,33,37)/t30-/m1/s1. The van der Waals surface area contributed by atoms with E-state index in [9.17, 15) is 18.0 Å². The molecule has 0 spiro atoms. The first-order valence-corrected chi connectivity index (χ1v) is 15.6. The smallest absolute Gasteiger partial charge is 0.264 e. The van der Waals surface area contributed by atoms with E-state index in [2.05, 4.69) is 5.32 Å². The van der Waals surface area contributed by atoms with E-state index in [0.717, 1.165) is 35.6 Å². The SMILES string of the molecule is CC[C@H](C(=O)NC1CCCCC1)N(Cc1ccccc1)C(=O)CN(c1ccccc1)S(=O)(=O)c1ccc(OC)cc1. The fraction of sp³-hybridized carbons (Fsp3) is 0.375. The van der Waals surface area contributed by atoms with Crippen molar-refractivity contribution in [2.75, 3.05) is 18.0 Å². The van der Waals surface area contributed by atoms with Crippen LogP contribution in [0.5, 0.6) is 5.75 Å². The molecule has 0 aliphatic heterocycles. The lowest BCUT2D eigenvalue weighted by molar-refractivity contribution is -0.140. The first kappa shape index (κ1) is 30.1. The monoisotopic (exact) mass is 577 g/mol. The maximum Gasteiger partial charge on any atom is 0.264 e. The van der Waals surface area contributed by atoms with Crippen LogP contribution in [0.15, 0.2) is 89.8 Å². The fourth-order valence-corrected chi connectivity index (χ4v) is 6.66. The number of benzene rings is 3. The van der Waals surface area contributed by atoms with Crippen molar-refractivity contribution < 1.29 is 22.7 Å². The molecule has 4 rings (SSSR count). The van der Waals surface area contributed by atoms with E-state index in [1.165, 1.54) is 30.6 Å². The number of carbonyl (C=O) groups is 2. The van der Waals surface area contributed by atoms with Crippen LogP contribution in [-0.4, -0.2) is 50.9 Å². The molecule has 1 aliphatic rings. The Labute approximate surface area is 243 Å². The second kappa shape index (κ2) is 14.2. The van der Waals surface area contributed by atoms with Gasteiger partial charge in [-0.3, -0.25) is 13.9 Å². The van der Waals surface area contributed by atoms with E-state index in [1.54, 1.807) is 42.5 Å². The Bertz CT molecular complexity index is 1380. The zero-order valence-corrected chi connectivity index (χ0v) is 24.6. The summed E-state index contributed by atoms with van der Waals surface area (Å²) in [7, 11) is -2.62. The number of hydrogen-bond donors (Lipinski definition) is 1. The van der Waals surface area contributed by atoms with Gasteiger partial charge >= 0.3 is 0 Å². The molecular weight excluding hydrogens is 538 g/mol. The molecule has 0 saturated heterocycles. The molecule has 41 heavy (non-hydrogen) atoms. The lowest BCUT2D eigenvalue weighted by Crippen LogP contribution is -2.54. The maximum atomic E-state index is 14.1. The Morgan fingerprint density at radius 1 is 0.902 bits per heavy atom. The van der Waals surface area contributed by atoms with Crippen LogP contribution < -0.4 is 14.4 Å². The van der Waals surface area contributed by atoms with Gasteiger partial charge in [0, 0.05) is 12.6 Å². The number of anilines is 1. The second-order valence-electron chi connectivity index (χ2n) is 10.3. The zero-order chi connectivity index (χ0) is 29.2. The Morgan fingerprint density at radius 2 is 1.51 bits per heavy atom. The molecule has 1 aliphatic carbocycles. The van der Waals surface area contributed by atoms with Gasteiger partial charge in [0.25, 0.3) is 10.0 Å². The number of sulfonamides is 1. The number of carbonyl (C=O) groups excluding carboxylic acids is 2. The molecule has 0 bridgehead atoms. The number of methoxy groups -OCH3 is 1. The van der Waals surface area contributed by atoms with Gasteiger partial charge < -0.3 is 15.0 Å². The molecular formula is C32H39N3O5S. The Hall–Kier alpha value is -3.85. The molecule has 3 aromatic rings. The quantitative estimate of drug-likeness (QED) is 0.321. The number of hydrogen-bond acceptors (Lipinski definition) is 5. The van der Waals surface area contributed by atoms with Gasteiger partial charge in [-0.15, -0.1) is 0 Å². The fourth-order valence-electron chi connectivity index (χ4n) is 5.24. The summed E-state index contributed by atoms with van der Waals surface area (Å²) in [4.78, 5) is 29.2. The van der Waals surface area contributed by atoms with Crippen molar-refractivity contribution in [3.63, 3.8) is 0 Å². The van der Waals surface area contributed by atoms with Crippen LogP contribution in [0.3, 0.4) is 0 Å². The van der Waals surface area contributed by atoms with Gasteiger partial charge in [0.1, 0.15) is 18.3 Å². The van der Waals surface area contributed by atoms with E-state index in [-0.39, 0.29) is 23.4 Å². The summed E-state index contributed by atoms with van der Waals surface area (Å²) in [5.74, 6) is -0.136. The van der Waals surface area contributed by atoms with Crippen LogP contribution in [0.4, 0.5) is 5.69 Å². The third-order valence-electron chi connectivity index (χ3n) is 7.50. The van der Waals surface area contributed by atoms with Crippen LogP contribution in [0.2, 0.25) is 0 Å². The van der Waals surface area contributed by atoms with Crippen molar-refractivity contribution in [3.8, 4) is 5.75 Å². The van der Waals surface area contributed by atoms with Crippen LogP contribution in [0, 0.1) is 0 Å². The first-order chi connectivity index (χ1) is 19.8. The third kappa shape index (κ3) is 7.67. The van der Waals surface area contributed by atoms with Crippen molar-refractivity contribution in [2.24, 2.45) is 0 Å². The topological polar surface area (TPSA) is 96.0 Å². The lowest BCUT2D eigenvalue weighted by atomic mass is 9.95. The molecule has 8 nitrogen and oxygen atoms in total. The van der Waals surface area contributed by atoms with Crippen molar-refractivity contribution in [1.29, 1.82) is 0 Å². The highest BCUT2D eigenvalue weighted by Crippen LogP contribution is 2.26. The summed E-state index contributed by atoms with van der Waals surface area (Å²) >= 11 is 0. The van der Waals surface area contributed by atoms with Gasteiger partial charge in [-0.2, -0.15) is 0 Å². The van der Waals surface area contributed by atoms with Crippen molar-refractivity contribution >= 4 is 27.5 Å². The van der Waals surface area contributed by atoms with Crippen LogP contribution in [0.25, 0.3) is 0 Å². The number of rotatable bonds is 12. The minimum absolute atomic E-state index is 0.0339. The van der Waals surface area contributed by atoms with Crippen molar-refractivity contribution in [1.82, 2.24) is 10.2 Å². The van der Waals surface area contributed by atoms with Gasteiger partial charge in [-0.25, -0.2) is 8.42 Å². The molecule has 0 heterocycles. The second-order valence-corrected chi connectivity index (χ2v) is 12.2. The van der Waals surface area contributed by atoms with E-state index in [4.69, 9.17) is 4.74 Å². The van der Waals surface area contributed by atoms with Crippen molar-refractivity contribution in [3.05, 3.63) is 90.5 Å². The lowest BCUT2D eigenvalue weighted by Gasteiger charge is -2.34. The molecule has 3 aromatic carbocycles. The third-order valence-corrected chi connectivity index (χ3v) is 9.29. The van der Waals surface area contributed by atoms with Gasteiger partial charge in [-0.1, -0.05) is 74.7 Å². The molecule has 218 valence electrons. The van der Waals surface area contributed by atoms with E-state index in [1.807, 2.05) is 37.3 Å². The Morgan fingerprint density at radius 3 is 2.10 bits per heavy atom. The molecule has 1 fully saturated rings. The number of para-hydroxylation sites is 1. The average molecular weight is 578 g/mol. The van der Waals surface area contributed by atoms with Crippen molar-refractivity contribution in [2.45, 2.75) is 69.0 Å². The highest BCUT2D eigenvalue weighted by molar-refractivity contribution is 7.92. The summed E-state index contributed by atoms with van der Waals surface area (Å²) in [5, 5.41) is 3.17. The molecule has 0 unspecified atom stereocenters. The molecule has 2 amide bonds. The summed E-state index contributed by atoms with van der Waals surface area (Å²) < 4.78 is 34.1. The van der Waals surface area contributed by atoms with E-state index < -0.39 is 28.5 Å². The largest absolute Gasteiger partial charge is 0.497 e. The molecule has 1 saturated carbocycles. The summed E-state index contributed by atoms with van der Waals surface area (Å²) in [6.07, 6.45) is 5.56. The molecule has 9 heteroatoms. The van der Waals surface area contributed by atoms with Crippen LogP contribution in [0.1, 0.15) is 51.0 Å². The number of amides is 2. The molecule has 1 N–H and O–H groups in total. The normalized spacial score (nSPS) is 14.6. The number of nitrogens with one attached hydrogen (secondary N) is 1. The van der Waals surface area contributed by atoms with Gasteiger partial charge in [0.2, 0.25) is 11.8 Å². The highest BCUT2D eigenvalue weighted by atomic mass is 32.2. The molecule has 0 radical (unpaired) electrons. The first-order valence-electron chi connectivity index (χ1n) is 14.2. The van der Waals surface area contributed by atoms with Crippen LogP contribution in [-0.2, 0) is 26.2 Å². The minimum atomic E-state index is -4.13. The Balaban J connectivity index is 1.67.